The minimum Gasteiger partial charge on any atom is -0.344 e. The molecule has 1 heterocycles. The molecule has 0 aromatic heterocycles. The lowest BCUT2D eigenvalue weighted by molar-refractivity contribution is -0.137. The van der Waals surface area contributed by atoms with Gasteiger partial charge in [0.15, 0.2) is 0 Å². The summed E-state index contributed by atoms with van der Waals surface area (Å²) in [6, 6.07) is 4.41. The number of hydrogen-bond donors (Lipinski definition) is 1. The minimum absolute atomic E-state index is 0.108. The van der Waals surface area contributed by atoms with Crippen molar-refractivity contribution in [3.8, 4) is 0 Å². The largest absolute Gasteiger partial charge is 0.416 e. The zero-order chi connectivity index (χ0) is 19.2. The highest BCUT2D eigenvalue weighted by atomic mass is 79.9. The zero-order valence-electron chi connectivity index (χ0n) is 14.3. The number of alkyl halides is 4. The molecule has 26 heavy (non-hydrogen) atoms. The number of carbonyl (C=O) groups is 2. The van der Waals surface area contributed by atoms with Gasteiger partial charge in [0.25, 0.3) is 0 Å². The van der Waals surface area contributed by atoms with Crippen molar-refractivity contribution in [3.05, 3.63) is 35.4 Å². The van der Waals surface area contributed by atoms with Crippen LogP contribution in [-0.4, -0.2) is 34.6 Å². The molecule has 1 saturated heterocycles. The molecule has 1 N–H and O–H groups in total. The van der Waals surface area contributed by atoms with E-state index in [1.165, 1.54) is 11.0 Å². The third kappa shape index (κ3) is 6.00. The molecule has 0 bridgehead atoms. The van der Waals surface area contributed by atoms with Crippen LogP contribution in [0.1, 0.15) is 43.2 Å². The number of rotatable bonds is 6. The molecule has 2 amide bonds. The van der Waals surface area contributed by atoms with E-state index in [9.17, 15) is 22.8 Å². The maximum atomic E-state index is 12.9. The van der Waals surface area contributed by atoms with Gasteiger partial charge >= 0.3 is 6.18 Å². The molecular formula is C18H22BrF3N2O2. The standard InChI is InChI=1S/C18H22BrF3N2O2/c19-9-4-8-16(25)23-15-7-1-2-10-24(17(15)26)12-13-5-3-6-14(11-13)18(20,21)22/h3,5-6,11,15H,1-2,4,7-10,12H2,(H,23,25). The number of carbonyl (C=O) groups excluding carboxylic acids is 2. The van der Waals surface area contributed by atoms with Gasteiger partial charge in [0.1, 0.15) is 6.04 Å². The third-order valence-corrected chi connectivity index (χ3v) is 4.84. The number of halogens is 4. The molecule has 1 aliphatic rings. The molecule has 1 aromatic rings. The summed E-state index contributed by atoms with van der Waals surface area (Å²) in [4.78, 5) is 26.2. The summed E-state index contributed by atoms with van der Waals surface area (Å²) in [5.74, 6) is -0.407. The number of benzene rings is 1. The van der Waals surface area contributed by atoms with E-state index in [1.54, 1.807) is 6.07 Å². The lowest BCUT2D eigenvalue weighted by Gasteiger charge is -2.25. The predicted molar refractivity (Wildman–Crippen MR) is 95.7 cm³/mol. The van der Waals surface area contributed by atoms with Gasteiger partial charge in [-0.25, -0.2) is 0 Å². The van der Waals surface area contributed by atoms with Gasteiger partial charge in [-0.15, -0.1) is 0 Å². The van der Waals surface area contributed by atoms with Gasteiger partial charge in [0, 0.05) is 24.8 Å². The van der Waals surface area contributed by atoms with Crippen molar-refractivity contribution in [2.45, 2.75) is 50.9 Å². The van der Waals surface area contributed by atoms with Crippen LogP contribution in [0.3, 0.4) is 0 Å². The molecule has 1 fully saturated rings. The Labute approximate surface area is 159 Å². The van der Waals surface area contributed by atoms with Crippen molar-refractivity contribution in [2.75, 3.05) is 11.9 Å². The molecule has 1 aromatic carbocycles. The van der Waals surface area contributed by atoms with E-state index in [0.717, 1.165) is 25.0 Å². The van der Waals surface area contributed by atoms with Gasteiger partial charge in [-0.3, -0.25) is 9.59 Å². The smallest absolute Gasteiger partial charge is 0.344 e. The highest BCUT2D eigenvalue weighted by molar-refractivity contribution is 9.09. The average molecular weight is 435 g/mol. The fourth-order valence-corrected chi connectivity index (χ4v) is 3.24. The SMILES string of the molecule is O=C(CCCBr)NC1CCCCN(Cc2cccc(C(F)(F)F)c2)C1=O. The molecule has 1 aliphatic heterocycles. The maximum Gasteiger partial charge on any atom is 0.416 e. The van der Waals surface area contributed by atoms with Gasteiger partial charge < -0.3 is 10.2 Å². The van der Waals surface area contributed by atoms with Crippen molar-refractivity contribution < 1.29 is 22.8 Å². The second-order valence-corrected chi connectivity index (χ2v) is 7.16. The van der Waals surface area contributed by atoms with Crippen LogP contribution in [0.2, 0.25) is 0 Å². The summed E-state index contributed by atoms with van der Waals surface area (Å²) in [5.41, 5.74) is -0.295. The quantitative estimate of drug-likeness (QED) is 0.690. The monoisotopic (exact) mass is 434 g/mol. The second-order valence-electron chi connectivity index (χ2n) is 6.37. The number of amides is 2. The van der Waals surface area contributed by atoms with E-state index in [0.29, 0.717) is 36.7 Å². The van der Waals surface area contributed by atoms with Crippen molar-refractivity contribution in [3.63, 3.8) is 0 Å². The molecule has 1 unspecified atom stereocenters. The first-order valence-corrected chi connectivity index (χ1v) is 9.73. The molecule has 0 radical (unpaired) electrons. The maximum absolute atomic E-state index is 12.9. The molecular weight excluding hydrogens is 413 g/mol. The topological polar surface area (TPSA) is 49.4 Å². The van der Waals surface area contributed by atoms with E-state index in [4.69, 9.17) is 0 Å². The fourth-order valence-electron chi connectivity index (χ4n) is 2.96. The third-order valence-electron chi connectivity index (χ3n) is 4.28. The molecule has 0 aliphatic carbocycles. The summed E-state index contributed by atoms with van der Waals surface area (Å²) in [6.45, 7) is 0.583. The molecule has 8 heteroatoms. The molecule has 0 spiro atoms. The molecule has 0 saturated carbocycles. The molecule has 1 atom stereocenters. The predicted octanol–water partition coefficient (Wildman–Crippen LogP) is 3.88. The van der Waals surface area contributed by atoms with E-state index in [1.807, 2.05) is 0 Å². The van der Waals surface area contributed by atoms with E-state index >= 15 is 0 Å². The Morgan fingerprint density at radius 3 is 2.77 bits per heavy atom. The first kappa shape index (κ1) is 20.7. The zero-order valence-corrected chi connectivity index (χ0v) is 15.9. The lowest BCUT2D eigenvalue weighted by atomic mass is 10.1. The van der Waals surface area contributed by atoms with Crippen molar-refractivity contribution in [1.82, 2.24) is 10.2 Å². The van der Waals surface area contributed by atoms with Gasteiger partial charge in [0.2, 0.25) is 11.8 Å². The van der Waals surface area contributed by atoms with Crippen LogP contribution in [0.4, 0.5) is 13.2 Å². The van der Waals surface area contributed by atoms with Gasteiger partial charge in [-0.05, 0) is 43.4 Å². The summed E-state index contributed by atoms with van der Waals surface area (Å²) < 4.78 is 38.6. The average Bonchev–Trinajstić information content (AvgIpc) is 2.75. The first-order chi connectivity index (χ1) is 12.3. The summed E-state index contributed by atoms with van der Waals surface area (Å²) >= 11 is 3.26. The van der Waals surface area contributed by atoms with Crippen molar-refractivity contribution in [2.24, 2.45) is 0 Å². The van der Waals surface area contributed by atoms with Crippen LogP contribution >= 0.6 is 15.9 Å². The lowest BCUT2D eigenvalue weighted by Crippen LogP contribution is -2.47. The highest BCUT2D eigenvalue weighted by Crippen LogP contribution is 2.30. The number of nitrogens with one attached hydrogen (secondary N) is 1. The fraction of sp³-hybridized carbons (Fsp3) is 0.556. The summed E-state index contributed by atoms with van der Waals surface area (Å²) in [6.07, 6.45) is -1.29. The van der Waals surface area contributed by atoms with Gasteiger partial charge in [0.05, 0.1) is 5.56 Å². The van der Waals surface area contributed by atoms with Gasteiger partial charge in [-0.2, -0.15) is 13.2 Å². The van der Waals surface area contributed by atoms with Crippen LogP contribution in [0.5, 0.6) is 0 Å². The van der Waals surface area contributed by atoms with Crippen LogP contribution in [0.25, 0.3) is 0 Å². The molecule has 2 rings (SSSR count). The minimum atomic E-state index is -4.41. The molecule has 144 valence electrons. The van der Waals surface area contributed by atoms with Crippen LogP contribution in [-0.2, 0) is 22.3 Å². The summed E-state index contributed by atoms with van der Waals surface area (Å²) in [7, 11) is 0. The van der Waals surface area contributed by atoms with Crippen molar-refractivity contribution >= 4 is 27.7 Å². The van der Waals surface area contributed by atoms with E-state index in [2.05, 4.69) is 21.2 Å². The van der Waals surface area contributed by atoms with Crippen LogP contribution < -0.4 is 5.32 Å². The van der Waals surface area contributed by atoms with Crippen LogP contribution in [0.15, 0.2) is 24.3 Å². The Morgan fingerprint density at radius 1 is 1.31 bits per heavy atom. The Kier molecular flexibility index (Phi) is 7.49. The Hall–Kier alpha value is -1.57. The van der Waals surface area contributed by atoms with Gasteiger partial charge in [-0.1, -0.05) is 28.1 Å². The highest BCUT2D eigenvalue weighted by Gasteiger charge is 2.31. The van der Waals surface area contributed by atoms with E-state index in [-0.39, 0.29) is 18.4 Å². The first-order valence-electron chi connectivity index (χ1n) is 8.61. The Balaban J connectivity index is 2.06. The Morgan fingerprint density at radius 2 is 2.08 bits per heavy atom. The normalized spacial score (nSPS) is 18.5. The van der Waals surface area contributed by atoms with Crippen LogP contribution in [0, 0.1) is 0 Å². The second kappa shape index (κ2) is 9.39. The molecule has 4 nitrogen and oxygen atoms in total. The van der Waals surface area contributed by atoms with E-state index < -0.39 is 17.8 Å². The van der Waals surface area contributed by atoms with Crippen molar-refractivity contribution in [1.29, 1.82) is 0 Å². The Bertz CT molecular complexity index is 637. The number of hydrogen-bond acceptors (Lipinski definition) is 2. The number of likely N-dealkylation sites (tertiary alicyclic amines) is 1. The summed E-state index contributed by atoms with van der Waals surface area (Å²) in [5, 5.41) is 3.47. The number of nitrogens with zero attached hydrogens (tertiary/aromatic N) is 1.